The number of quaternary nitrogens is 1. The lowest BCUT2D eigenvalue weighted by atomic mass is 10.1. The van der Waals surface area contributed by atoms with Crippen molar-refractivity contribution in [2.24, 2.45) is 0 Å². The highest BCUT2D eigenvalue weighted by atomic mass is 32.2. The molecule has 214 valence electrons. The van der Waals surface area contributed by atoms with Gasteiger partial charge in [-0.05, 0) is 56.0 Å². The summed E-state index contributed by atoms with van der Waals surface area (Å²) in [5, 5.41) is 1.96. The molecule has 0 saturated heterocycles. The number of nitrogens with zero attached hydrogens (tertiary/aromatic N) is 2. The zero-order valence-electron chi connectivity index (χ0n) is 24.2. The predicted molar refractivity (Wildman–Crippen MR) is 159 cm³/mol. The van der Waals surface area contributed by atoms with E-state index < -0.39 is 10.1 Å². The molecular formula is C31H50N2O4S. The molecule has 1 aliphatic rings. The zero-order chi connectivity index (χ0) is 28.0. The van der Waals surface area contributed by atoms with Crippen molar-refractivity contribution in [1.29, 1.82) is 0 Å². The summed E-state index contributed by atoms with van der Waals surface area (Å²) in [6, 6.07) is 11.4. The van der Waals surface area contributed by atoms with Crippen LogP contribution in [0.4, 0.5) is 5.69 Å². The zero-order valence-corrected chi connectivity index (χ0v) is 25.0. The van der Waals surface area contributed by atoms with Gasteiger partial charge in [-0.25, -0.2) is 8.42 Å². The van der Waals surface area contributed by atoms with Gasteiger partial charge in [-0.1, -0.05) is 77.6 Å². The monoisotopic (exact) mass is 546 g/mol. The van der Waals surface area contributed by atoms with Crippen LogP contribution in [0.3, 0.4) is 0 Å². The number of rotatable bonds is 17. The van der Waals surface area contributed by atoms with Crippen molar-refractivity contribution in [2.45, 2.75) is 91.9 Å². The molecule has 0 aromatic heterocycles. The molecule has 38 heavy (non-hydrogen) atoms. The van der Waals surface area contributed by atoms with Gasteiger partial charge in [0.05, 0.1) is 42.0 Å². The minimum absolute atomic E-state index is 0.0632. The van der Waals surface area contributed by atoms with Crippen LogP contribution in [-0.2, 0) is 10.1 Å². The Labute approximate surface area is 231 Å². The molecule has 0 saturated carbocycles. The molecule has 0 unspecified atom stereocenters. The van der Waals surface area contributed by atoms with Gasteiger partial charge in [0.2, 0.25) is 0 Å². The summed E-state index contributed by atoms with van der Waals surface area (Å²) in [5.74, 6) is -0.446. The Kier molecular flexibility index (Phi) is 13.8. The summed E-state index contributed by atoms with van der Waals surface area (Å²) >= 11 is 0. The SMILES string of the molecule is CCCC[N+](CCCC)(CCCC)CCCC.O=C1c2cccc3cccc(c23)N1CCCCS(=O)(=O)[O-]. The number of carbonyl (C=O) groups excluding carboxylic acids is 1. The lowest BCUT2D eigenvalue weighted by molar-refractivity contribution is -0.929. The molecule has 1 heterocycles. The van der Waals surface area contributed by atoms with Gasteiger partial charge in [0, 0.05) is 23.2 Å². The summed E-state index contributed by atoms with van der Waals surface area (Å²) in [5.41, 5.74) is 1.54. The van der Waals surface area contributed by atoms with Crippen LogP contribution in [-0.4, -0.2) is 61.8 Å². The van der Waals surface area contributed by atoms with E-state index in [4.69, 9.17) is 0 Å². The van der Waals surface area contributed by atoms with Crippen molar-refractivity contribution >= 4 is 32.5 Å². The largest absolute Gasteiger partial charge is 0.748 e. The van der Waals surface area contributed by atoms with Crippen molar-refractivity contribution in [2.75, 3.05) is 43.4 Å². The lowest BCUT2D eigenvalue weighted by Gasteiger charge is -2.39. The van der Waals surface area contributed by atoms with E-state index in [9.17, 15) is 17.8 Å². The Hall–Kier alpha value is -1.96. The normalized spacial score (nSPS) is 13.2. The van der Waals surface area contributed by atoms with Crippen LogP contribution in [0.25, 0.3) is 10.8 Å². The quantitative estimate of drug-likeness (QED) is 0.120. The highest BCUT2D eigenvalue weighted by Gasteiger charge is 2.29. The van der Waals surface area contributed by atoms with Gasteiger partial charge in [-0.3, -0.25) is 4.79 Å². The summed E-state index contributed by atoms with van der Waals surface area (Å²) in [4.78, 5) is 14.1. The van der Waals surface area contributed by atoms with Gasteiger partial charge in [0.1, 0.15) is 0 Å². The van der Waals surface area contributed by atoms with Crippen LogP contribution < -0.4 is 4.90 Å². The maximum absolute atomic E-state index is 12.4. The Balaban J connectivity index is 0.000000275. The van der Waals surface area contributed by atoms with Gasteiger partial charge in [0.25, 0.3) is 5.91 Å². The standard InChI is InChI=1S/C16H36N.C15H15NO4S/c1-5-9-13-17(14-10-6-2,15-11-7-3)16-12-8-4;17-15-12-7-3-5-11-6-4-8-13(14(11)12)16(15)9-1-2-10-21(18,19)20/h5-16H2,1-4H3;3-8H,1-2,9-10H2,(H,18,19,20)/q+1;/p-1. The van der Waals surface area contributed by atoms with E-state index in [1.165, 1.54) is 82.0 Å². The van der Waals surface area contributed by atoms with Crippen LogP contribution in [0.5, 0.6) is 0 Å². The second-order valence-corrected chi connectivity index (χ2v) is 12.3. The Morgan fingerprint density at radius 1 is 0.737 bits per heavy atom. The second kappa shape index (κ2) is 16.2. The molecule has 6 nitrogen and oxygen atoms in total. The fourth-order valence-electron chi connectivity index (χ4n) is 5.39. The molecule has 0 aliphatic carbocycles. The Morgan fingerprint density at radius 2 is 1.24 bits per heavy atom. The smallest absolute Gasteiger partial charge is 0.258 e. The summed E-state index contributed by atoms with van der Waals surface area (Å²) < 4.78 is 33.2. The molecular weight excluding hydrogens is 496 g/mol. The molecule has 0 bridgehead atoms. The maximum Gasteiger partial charge on any atom is 0.258 e. The van der Waals surface area contributed by atoms with Crippen molar-refractivity contribution in [1.82, 2.24) is 0 Å². The highest BCUT2D eigenvalue weighted by molar-refractivity contribution is 7.85. The fraction of sp³-hybridized carbons (Fsp3) is 0.645. The fourth-order valence-corrected chi connectivity index (χ4v) is 5.95. The molecule has 1 amide bonds. The van der Waals surface area contributed by atoms with E-state index in [0.29, 0.717) is 18.5 Å². The first-order valence-electron chi connectivity index (χ1n) is 14.8. The van der Waals surface area contributed by atoms with Crippen LogP contribution >= 0.6 is 0 Å². The molecule has 3 rings (SSSR count). The third kappa shape index (κ3) is 9.65. The molecule has 0 atom stereocenters. The number of amides is 1. The van der Waals surface area contributed by atoms with Crippen LogP contribution in [0.1, 0.15) is 102 Å². The first-order valence-corrected chi connectivity index (χ1v) is 16.4. The van der Waals surface area contributed by atoms with Gasteiger partial charge >= 0.3 is 0 Å². The number of carbonyl (C=O) groups is 1. The van der Waals surface area contributed by atoms with Crippen molar-refractivity contribution in [3.63, 3.8) is 0 Å². The third-order valence-corrected chi connectivity index (χ3v) is 8.41. The van der Waals surface area contributed by atoms with E-state index in [0.717, 1.165) is 16.5 Å². The van der Waals surface area contributed by atoms with E-state index in [-0.39, 0.29) is 18.1 Å². The molecule has 0 radical (unpaired) electrons. The number of unbranched alkanes of at least 4 members (excludes halogenated alkanes) is 5. The average molecular weight is 547 g/mol. The molecule has 7 heteroatoms. The van der Waals surface area contributed by atoms with Gasteiger partial charge in [-0.2, -0.15) is 0 Å². The van der Waals surface area contributed by atoms with E-state index in [1.807, 2.05) is 30.3 Å². The first kappa shape index (κ1) is 32.3. The first-order chi connectivity index (χ1) is 18.2. The second-order valence-electron chi connectivity index (χ2n) is 10.8. The Morgan fingerprint density at radius 3 is 1.71 bits per heavy atom. The summed E-state index contributed by atoms with van der Waals surface area (Å²) in [7, 11) is -4.18. The third-order valence-electron chi connectivity index (χ3n) is 7.62. The van der Waals surface area contributed by atoms with Gasteiger partial charge in [0.15, 0.2) is 0 Å². The minimum atomic E-state index is -4.18. The molecule has 2 aromatic rings. The number of benzene rings is 2. The van der Waals surface area contributed by atoms with Crippen LogP contribution in [0.15, 0.2) is 36.4 Å². The Bertz CT molecular complexity index is 1060. The van der Waals surface area contributed by atoms with Gasteiger partial charge in [-0.15, -0.1) is 0 Å². The molecule has 1 aliphatic heterocycles. The summed E-state index contributed by atoms with van der Waals surface area (Å²) in [6.45, 7) is 15.4. The highest BCUT2D eigenvalue weighted by Crippen LogP contribution is 2.37. The number of hydrogen-bond donors (Lipinski definition) is 0. The molecule has 0 N–H and O–H groups in total. The summed E-state index contributed by atoms with van der Waals surface area (Å²) in [6.07, 6.45) is 11.8. The van der Waals surface area contributed by atoms with Crippen molar-refractivity contribution in [3.05, 3.63) is 42.0 Å². The van der Waals surface area contributed by atoms with Crippen LogP contribution in [0.2, 0.25) is 0 Å². The van der Waals surface area contributed by atoms with Crippen molar-refractivity contribution < 1.29 is 22.2 Å². The van der Waals surface area contributed by atoms with Crippen molar-refractivity contribution in [3.8, 4) is 0 Å². The minimum Gasteiger partial charge on any atom is -0.748 e. The topological polar surface area (TPSA) is 77.5 Å². The molecule has 0 spiro atoms. The maximum atomic E-state index is 12.4. The van der Waals surface area contributed by atoms with Crippen LogP contribution in [0, 0.1) is 0 Å². The predicted octanol–water partition coefficient (Wildman–Crippen LogP) is 7.13. The number of hydrogen-bond acceptors (Lipinski definition) is 4. The average Bonchev–Trinajstić information content (AvgIpc) is 3.18. The lowest BCUT2D eigenvalue weighted by Crippen LogP contribution is -2.50. The van der Waals surface area contributed by atoms with Gasteiger partial charge < -0.3 is 13.9 Å². The molecule has 0 fully saturated rings. The number of anilines is 1. The molecule has 2 aromatic carbocycles. The van der Waals surface area contributed by atoms with E-state index >= 15 is 0 Å². The van der Waals surface area contributed by atoms with E-state index in [1.54, 1.807) is 11.0 Å². The van der Waals surface area contributed by atoms with E-state index in [2.05, 4.69) is 27.7 Å².